The summed E-state index contributed by atoms with van der Waals surface area (Å²) in [7, 11) is 0. The van der Waals surface area contributed by atoms with Gasteiger partial charge >= 0.3 is 0 Å². The summed E-state index contributed by atoms with van der Waals surface area (Å²) in [5, 5.41) is 9.21. The van der Waals surface area contributed by atoms with Gasteiger partial charge in [-0.2, -0.15) is 5.26 Å². The van der Waals surface area contributed by atoms with Crippen molar-refractivity contribution in [3.63, 3.8) is 0 Å². The van der Waals surface area contributed by atoms with E-state index in [0.717, 1.165) is 22.4 Å². The molecule has 0 saturated heterocycles. The smallest absolute Gasteiger partial charge is 0.266 e. The Morgan fingerprint density at radius 3 is 2.61 bits per heavy atom. The van der Waals surface area contributed by atoms with Gasteiger partial charge in [-0.15, -0.1) is 0 Å². The molecule has 112 valence electrons. The van der Waals surface area contributed by atoms with Crippen LogP contribution < -0.4 is 5.56 Å². The number of hydrogen-bond donors (Lipinski definition) is 1. The van der Waals surface area contributed by atoms with Gasteiger partial charge in [-0.05, 0) is 37.6 Å². The van der Waals surface area contributed by atoms with Crippen LogP contribution in [0.4, 0.5) is 0 Å². The fourth-order valence-corrected chi connectivity index (χ4v) is 2.44. The van der Waals surface area contributed by atoms with Crippen LogP contribution in [-0.2, 0) is 0 Å². The molecule has 1 N–H and O–H groups in total. The van der Waals surface area contributed by atoms with Crippen molar-refractivity contribution in [3.8, 4) is 28.6 Å². The molecule has 0 atom stereocenters. The van der Waals surface area contributed by atoms with E-state index in [-0.39, 0.29) is 5.56 Å². The van der Waals surface area contributed by atoms with Gasteiger partial charge in [0.2, 0.25) is 0 Å². The van der Waals surface area contributed by atoms with Gasteiger partial charge in [-0.3, -0.25) is 9.78 Å². The van der Waals surface area contributed by atoms with E-state index in [9.17, 15) is 10.1 Å². The van der Waals surface area contributed by atoms with E-state index in [0.29, 0.717) is 17.0 Å². The molecule has 0 fully saturated rings. The first-order valence-corrected chi connectivity index (χ1v) is 7.12. The summed E-state index contributed by atoms with van der Waals surface area (Å²) < 4.78 is 0. The van der Waals surface area contributed by atoms with E-state index < -0.39 is 0 Å². The molecule has 2 heterocycles. The maximum Gasteiger partial charge on any atom is 0.266 e. The Labute approximate surface area is 133 Å². The highest BCUT2D eigenvalue weighted by atomic mass is 16.1. The Bertz CT molecular complexity index is 966. The maximum atomic E-state index is 11.7. The van der Waals surface area contributed by atoms with Crippen LogP contribution in [0.15, 0.2) is 47.5 Å². The maximum absolute atomic E-state index is 11.7. The standard InChI is InChI=1S/C18H14N4O/c1-11-6-7-14(9-20-11)17-18(21-10-16(23)22-17)15-5-3-4-13(8-19)12(15)2/h3-7,9-10H,1-2H3,(H,22,23). The number of aromatic nitrogens is 3. The first kappa shape index (κ1) is 14.7. The van der Waals surface area contributed by atoms with Crippen molar-refractivity contribution in [3.05, 3.63) is 69.9 Å². The lowest BCUT2D eigenvalue weighted by Crippen LogP contribution is -2.09. The van der Waals surface area contributed by atoms with E-state index >= 15 is 0 Å². The zero-order valence-corrected chi connectivity index (χ0v) is 12.8. The topological polar surface area (TPSA) is 82.4 Å². The highest BCUT2D eigenvalue weighted by Gasteiger charge is 2.14. The first-order valence-electron chi connectivity index (χ1n) is 7.12. The number of nitrogens with one attached hydrogen (secondary N) is 1. The van der Waals surface area contributed by atoms with E-state index in [2.05, 4.69) is 21.0 Å². The van der Waals surface area contributed by atoms with Gasteiger partial charge < -0.3 is 4.98 Å². The molecule has 2 aromatic heterocycles. The van der Waals surface area contributed by atoms with E-state index in [4.69, 9.17) is 0 Å². The average Bonchev–Trinajstić information content (AvgIpc) is 2.56. The van der Waals surface area contributed by atoms with Crippen LogP contribution in [0.25, 0.3) is 22.5 Å². The summed E-state index contributed by atoms with van der Waals surface area (Å²) in [6.07, 6.45) is 2.95. The SMILES string of the molecule is Cc1ccc(-c2[nH]c(=O)cnc2-c2cccc(C#N)c2C)cn1. The van der Waals surface area contributed by atoms with Gasteiger partial charge in [-0.25, -0.2) is 4.98 Å². The lowest BCUT2D eigenvalue weighted by Gasteiger charge is -2.11. The van der Waals surface area contributed by atoms with Crippen molar-refractivity contribution >= 4 is 0 Å². The van der Waals surface area contributed by atoms with Crippen LogP contribution >= 0.6 is 0 Å². The summed E-state index contributed by atoms with van der Waals surface area (Å²) in [6, 6.07) is 11.4. The molecular formula is C18H14N4O. The summed E-state index contributed by atoms with van der Waals surface area (Å²) in [4.78, 5) is 23.1. The Morgan fingerprint density at radius 1 is 1.09 bits per heavy atom. The van der Waals surface area contributed by atoms with Gasteiger partial charge in [0.1, 0.15) is 0 Å². The van der Waals surface area contributed by atoms with Crippen LogP contribution in [0.5, 0.6) is 0 Å². The molecule has 0 saturated carbocycles. The Kier molecular flexibility index (Phi) is 3.73. The monoisotopic (exact) mass is 302 g/mol. The van der Waals surface area contributed by atoms with Crippen molar-refractivity contribution < 1.29 is 0 Å². The lowest BCUT2D eigenvalue weighted by atomic mass is 9.97. The normalized spacial score (nSPS) is 10.3. The quantitative estimate of drug-likeness (QED) is 0.789. The van der Waals surface area contributed by atoms with Gasteiger partial charge in [0.05, 0.1) is 29.2 Å². The number of nitriles is 1. The minimum absolute atomic E-state index is 0.279. The largest absolute Gasteiger partial charge is 0.319 e. The molecule has 0 aliphatic heterocycles. The Hall–Kier alpha value is -3.26. The lowest BCUT2D eigenvalue weighted by molar-refractivity contribution is 1.13. The summed E-state index contributed by atoms with van der Waals surface area (Å²) in [6.45, 7) is 3.77. The minimum Gasteiger partial charge on any atom is -0.319 e. The third-order valence-corrected chi connectivity index (χ3v) is 3.71. The second-order valence-corrected chi connectivity index (χ2v) is 5.25. The van der Waals surface area contributed by atoms with Crippen molar-refractivity contribution in [1.29, 1.82) is 5.26 Å². The number of rotatable bonds is 2. The zero-order valence-electron chi connectivity index (χ0n) is 12.8. The summed E-state index contributed by atoms with van der Waals surface area (Å²) >= 11 is 0. The van der Waals surface area contributed by atoms with Gasteiger partial charge in [0.25, 0.3) is 5.56 Å². The van der Waals surface area contributed by atoms with Crippen molar-refractivity contribution in [2.75, 3.05) is 0 Å². The Balaban J connectivity index is 2.28. The second-order valence-electron chi connectivity index (χ2n) is 5.25. The number of pyridine rings is 1. The van der Waals surface area contributed by atoms with Crippen molar-refractivity contribution in [1.82, 2.24) is 15.0 Å². The summed E-state index contributed by atoms with van der Waals surface area (Å²) in [5.74, 6) is 0. The number of H-pyrrole nitrogens is 1. The second kappa shape index (κ2) is 5.85. The fraction of sp³-hybridized carbons (Fsp3) is 0.111. The minimum atomic E-state index is -0.279. The molecule has 5 nitrogen and oxygen atoms in total. The molecule has 0 aliphatic rings. The van der Waals surface area contributed by atoms with Crippen molar-refractivity contribution in [2.45, 2.75) is 13.8 Å². The third kappa shape index (κ3) is 2.74. The number of aromatic amines is 1. The molecule has 3 rings (SSSR count). The Morgan fingerprint density at radius 2 is 1.91 bits per heavy atom. The molecule has 0 spiro atoms. The molecule has 3 aromatic rings. The predicted molar refractivity (Wildman–Crippen MR) is 87.7 cm³/mol. The molecule has 0 aliphatic carbocycles. The number of nitrogens with zero attached hydrogens (tertiary/aromatic N) is 3. The molecule has 0 radical (unpaired) electrons. The highest BCUT2D eigenvalue weighted by molar-refractivity contribution is 5.79. The molecular weight excluding hydrogens is 288 g/mol. The molecule has 23 heavy (non-hydrogen) atoms. The van der Waals surface area contributed by atoms with Crippen LogP contribution in [0.2, 0.25) is 0 Å². The fourth-order valence-electron chi connectivity index (χ4n) is 2.44. The van der Waals surface area contributed by atoms with Gasteiger partial charge in [0.15, 0.2) is 0 Å². The molecule has 5 heteroatoms. The number of aryl methyl sites for hydroxylation is 1. The zero-order chi connectivity index (χ0) is 16.4. The molecule has 0 unspecified atom stereocenters. The predicted octanol–water partition coefficient (Wildman–Crippen LogP) is 2.99. The first-order chi connectivity index (χ1) is 11.1. The van der Waals surface area contributed by atoms with Crippen LogP contribution in [0.3, 0.4) is 0 Å². The molecule has 1 aromatic carbocycles. The van der Waals surface area contributed by atoms with E-state index in [1.807, 2.05) is 38.1 Å². The summed E-state index contributed by atoms with van der Waals surface area (Å²) in [5.41, 5.74) is 4.85. The molecule has 0 bridgehead atoms. The van der Waals surface area contributed by atoms with Crippen LogP contribution in [0, 0.1) is 25.2 Å². The van der Waals surface area contributed by atoms with E-state index in [1.165, 1.54) is 6.20 Å². The number of hydrogen-bond acceptors (Lipinski definition) is 4. The number of benzene rings is 1. The van der Waals surface area contributed by atoms with Crippen LogP contribution in [-0.4, -0.2) is 15.0 Å². The van der Waals surface area contributed by atoms with Crippen LogP contribution in [0.1, 0.15) is 16.8 Å². The van der Waals surface area contributed by atoms with Gasteiger partial charge in [0, 0.05) is 23.0 Å². The van der Waals surface area contributed by atoms with E-state index in [1.54, 1.807) is 12.3 Å². The third-order valence-electron chi connectivity index (χ3n) is 3.71. The van der Waals surface area contributed by atoms with Gasteiger partial charge in [-0.1, -0.05) is 12.1 Å². The highest BCUT2D eigenvalue weighted by Crippen LogP contribution is 2.30. The molecule has 0 amide bonds. The van der Waals surface area contributed by atoms with Crippen molar-refractivity contribution in [2.24, 2.45) is 0 Å². The average molecular weight is 302 g/mol.